The second-order valence-corrected chi connectivity index (χ2v) is 4.92. The summed E-state index contributed by atoms with van der Waals surface area (Å²) in [4.78, 5) is 23.3. The summed E-state index contributed by atoms with van der Waals surface area (Å²) in [5, 5.41) is -0.451. The third-order valence-electron chi connectivity index (χ3n) is 2.15. The van der Waals surface area contributed by atoms with E-state index in [0.29, 0.717) is 0 Å². The molecule has 0 N–H and O–H groups in total. The van der Waals surface area contributed by atoms with Gasteiger partial charge in [0.25, 0.3) is 11.8 Å². The largest absolute Gasteiger partial charge is 0.525 e. The fourth-order valence-electron chi connectivity index (χ4n) is 1.31. The Labute approximate surface area is 111 Å². The Kier molecular flexibility index (Phi) is 4.20. The average Bonchev–Trinajstić information content (AvgIpc) is 2.53. The van der Waals surface area contributed by atoms with Crippen molar-refractivity contribution in [2.24, 2.45) is 0 Å². The number of allylic oxidation sites excluding steroid dienone is 3. The number of imide groups is 1. The molecule has 0 unspecified atom stereocenters. The molecule has 0 radical (unpaired) electrons. The van der Waals surface area contributed by atoms with Gasteiger partial charge in [-0.05, 0) is 13.0 Å². The van der Waals surface area contributed by atoms with Crippen molar-refractivity contribution >= 4 is 21.9 Å². The zero-order chi connectivity index (χ0) is 15.7. The molecule has 1 aliphatic heterocycles. The number of amides is 2. The van der Waals surface area contributed by atoms with Crippen molar-refractivity contribution in [1.29, 1.82) is 0 Å². The summed E-state index contributed by atoms with van der Waals surface area (Å²) in [6.07, 6.45) is 3.31. The normalized spacial score (nSPS) is 21.1. The minimum absolute atomic E-state index is 0.285. The molecular formula is C10H8F3NO5S. The summed E-state index contributed by atoms with van der Waals surface area (Å²) in [5.41, 5.74) is -6.36. The van der Waals surface area contributed by atoms with Gasteiger partial charge in [-0.2, -0.15) is 21.6 Å². The zero-order valence-electron chi connectivity index (χ0n) is 9.97. The summed E-state index contributed by atoms with van der Waals surface area (Å²) < 4.78 is 61.6. The predicted octanol–water partition coefficient (Wildman–Crippen LogP) is 1.20. The van der Waals surface area contributed by atoms with Crippen molar-refractivity contribution in [3.8, 4) is 0 Å². The van der Waals surface area contributed by atoms with Gasteiger partial charge < -0.3 is 0 Å². The Morgan fingerprint density at radius 2 is 1.70 bits per heavy atom. The van der Waals surface area contributed by atoms with Crippen LogP contribution < -0.4 is 0 Å². The second-order valence-electron chi connectivity index (χ2n) is 3.40. The maximum absolute atomic E-state index is 12.2. The summed E-state index contributed by atoms with van der Waals surface area (Å²) >= 11 is 0. The topological polar surface area (TPSA) is 80.8 Å². The van der Waals surface area contributed by atoms with Crippen LogP contribution in [0.3, 0.4) is 0 Å². The van der Waals surface area contributed by atoms with E-state index in [0.717, 1.165) is 18.2 Å². The van der Waals surface area contributed by atoms with Crippen molar-refractivity contribution in [2.75, 3.05) is 0 Å². The molecule has 0 aromatic carbocycles. The Morgan fingerprint density at radius 1 is 1.20 bits per heavy atom. The maximum Gasteiger partial charge on any atom is 0.525 e. The molecule has 6 nitrogen and oxygen atoms in total. The molecule has 1 fully saturated rings. The number of alkyl halides is 3. The Balaban J connectivity index is 3.24. The molecule has 2 amide bonds. The summed E-state index contributed by atoms with van der Waals surface area (Å²) in [7, 11) is -6.11. The van der Waals surface area contributed by atoms with E-state index in [9.17, 15) is 31.2 Å². The first kappa shape index (κ1) is 16.1. The number of hydrogen-bond donors (Lipinski definition) is 0. The molecule has 0 spiro atoms. The van der Waals surface area contributed by atoms with Gasteiger partial charge in [0.05, 0.1) is 11.1 Å². The summed E-state index contributed by atoms with van der Waals surface area (Å²) in [6.45, 7) is 4.61. The van der Waals surface area contributed by atoms with Crippen molar-refractivity contribution in [3.63, 3.8) is 0 Å². The predicted molar refractivity (Wildman–Crippen MR) is 59.9 cm³/mol. The van der Waals surface area contributed by atoms with Crippen molar-refractivity contribution in [3.05, 3.63) is 36.0 Å². The van der Waals surface area contributed by atoms with Gasteiger partial charge >= 0.3 is 15.6 Å². The number of hydrogen-bond acceptors (Lipinski definition) is 5. The van der Waals surface area contributed by atoms with Crippen LogP contribution in [0.4, 0.5) is 13.2 Å². The maximum atomic E-state index is 12.2. The highest BCUT2D eigenvalue weighted by atomic mass is 32.2. The lowest BCUT2D eigenvalue weighted by Gasteiger charge is -2.13. The van der Waals surface area contributed by atoms with Gasteiger partial charge in [0.2, 0.25) is 0 Å². The van der Waals surface area contributed by atoms with Gasteiger partial charge in [0.1, 0.15) is 0 Å². The number of carbonyl (C=O) groups excluding carboxylic acids is 2. The number of carbonyl (C=O) groups is 2. The van der Waals surface area contributed by atoms with Gasteiger partial charge in [-0.25, -0.2) is 0 Å². The molecule has 110 valence electrons. The lowest BCUT2D eigenvalue weighted by Crippen LogP contribution is -2.37. The number of hydroxylamine groups is 2. The lowest BCUT2D eigenvalue weighted by atomic mass is 10.1. The van der Waals surface area contributed by atoms with Crippen molar-refractivity contribution in [2.45, 2.75) is 12.4 Å². The fourth-order valence-corrected chi connectivity index (χ4v) is 1.72. The molecule has 0 aromatic heterocycles. The van der Waals surface area contributed by atoms with Gasteiger partial charge in [-0.3, -0.25) is 9.59 Å². The van der Waals surface area contributed by atoms with E-state index in [-0.39, 0.29) is 11.1 Å². The Hall–Kier alpha value is -1.94. The Bertz CT molecular complexity index is 630. The van der Waals surface area contributed by atoms with E-state index in [1.807, 2.05) is 0 Å². The van der Waals surface area contributed by atoms with Crippen LogP contribution in [0.25, 0.3) is 0 Å². The molecule has 1 rings (SSSR count). The minimum atomic E-state index is -6.11. The highest BCUT2D eigenvalue weighted by Gasteiger charge is 2.52. The first-order chi connectivity index (χ1) is 9.06. The minimum Gasteiger partial charge on any atom is -0.266 e. The standard InChI is InChI=1S/C10H8F3NO5S/c1-3-5-7-6(4-2)8(15)14(9(7)16)19-20(17,18)10(11,12)13/h3-5H,1H2,2H3/b6-4+,7-5+. The van der Waals surface area contributed by atoms with Crippen LogP contribution >= 0.6 is 0 Å². The highest BCUT2D eigenvalue weighted by molar-refractivity contribution is 7.87. The molecule has 0 atom stereocenters. The molecule has 0 bridgehead atoms. The summed E-state index contributed by atoms with van der Waals surface area (Å²) in [6, 6.07) is 0. The van der Waals surface area contributed by atoms with Crippen LogP contribution in [0, 0.1) is 0 Å². The highest BCUT2D eigenvalue weighted by Crippen LogP contribution is 2.31. The van der Waals surface area contributed by atoms with Crippen molar-refractivity contribution < 1.29 is 35.5 Å². The van der Waals surface area contributed by atoms with Gasteiger partial charge in [0.15, 0.2) is 0 Å². The monoisotopic (exact) mass is 311 g/mol. The van der Waals surface area contributed by atoms with Crippen LogP contribution in [-0.2, 0) is 24.0 Å². The van der Waals surface area contributed by atoms with Crippen LogP contribution in [0.5, 0.6) is 0 Å². The van der Waals surface area contributed by atoms with Crippen LogP contribution in [0.1, 0.15) is 6.92 Å². The zero-order valence-corrected chi connectivity index (χ0v) is 10.8. The van der Waals surface area contributed by atoms with Gasteiger partial charge in [-0.15, -0.1) is 9.35 Å². The first-order valence-electron chi connectivity index (χ1n) is 4.96. The number of halogens is 3. The van der Waals surface area contributed by atoms with Crippen molar-refractivity contribution in [1.82, 2.24) is 5.06 Å². The second kappa shape index (κ2) is 5.21. The Morgan fingerprint density at radius 3 is 2.10 bits per heavy atom. The average molecular weight is 311 g/mol. The number of rotatable bonds is 3. The molecule has 1 saturated heterocycles. The van der Waals surface area contributed by atoms with E-state index in [1.165, 1.54) is 6.92 Å². The fraction of sp³-hybridized carbons (Fsp3) is 0.200. The van der Waals surface area contributed by atoms with E-state index < -0.39 is 32.5 Å². The molecule has 0 saturated carbocycles. The van der Waals surface area contributed by atoms with E-state index in [4.69, 9.17) is 0 Å². The third-order valence-corrected chi connectivity index (χ3v) is 3.06. The van der Waals surface area contributed by atoms with E-state index in [2.05, 4.69) is 10.9 Å². The molecule has 0 aromatic rings. The van der Waals surface area contributed by atoms with Crippen LogP contribution in [-0.4, -0.2) is 30.8 Å². The SMILES string of the molecule is C=C/C=C1/C(=O)N(OS(=O)(=O)C(F)(F)F)C(=O)/C1=C/C. The molecule has 0 aliphatic carbocycles. The smallest absolute Gasteiger partial charge is 0.266 e. The van der Waals surface area contributed by atoms with Gasteiger partial charge in [-0.1, -0.05) is 18.7 Å². The molecule has 10 heteroatoms. The number of nitrogens with zero attached hydrogens (tertiary/aromatic N) is 1. The van der Waals surface area contributed by atoms with Gasteiger partial charge in [0, 0.05) is 0 Å². The molecule has 1 aliphatic rings. The lowest BCUT2D eigenvalue weighted by molar-refractivity contribution is -0.164. The third kappa shape index (κ3) is 2.65. The van der Waals surface area contributed by atoms with E-state index >= 15 is 0 Å². The molecule has 1 heterocycles. The van der Waals surface area contributed by atoms with E-state index in [1.54, 1.807) is 0 Å². The quantitative estimate of drug-likeness (QED) is 0.444. The summed E-state index contributed by atoms with van der Waals surface area (Å²) in [5.74, 6) is -2.63. The van der Waals surface area contributed by atoms with Crippen LogP contribution in [0.15, 0.2) is 36.0 Å². The first-order valence-corrected chi connectivity index (χ1v) is 6.36. The van der Waals surface area contributed by atoms with Crippen LogP contribution in [0.2, 0.25) is 0 Å². The molecule has 20 heavy (non-hydrogen) atoms. The molecular weight excluding hydrogens is 303 g/mol.